The minimum atomic E-state index is -1.53. The molecule has 0 amide bonds. The molecule has 13 nitrogen and oxygen atoms in total. The number of nitrogens with one attached hydrogen (secondary N) is 1. The van der Waals surface area contributed by atoms with Crippen LogP contribution in [0.5, 0.6) is 0 Å². The SMILES string of the molecule is CC1C2CCCCC2C=CC12C=CCC13OC45C(=CC21)CC1CC2(CCCC2)CC12CC1CC6(C)C(c7ccoc7CC(C(O)CO)C7CCC8C(C=CN9CNCC89)C7)OC(=O)C7OC76C6(C7CCCC(Cc8ccccc8)C7)C(O)C(=O)C3C4(COC(=O)C25)C16. The average Bonchev–Trinajstić information content (AvgIpc) is 1.41. The van der Waals surface area contributed by atoms with Crippen molar-refractivity contribution in [1.82, 2.24) is 10.2 Å². The van der Waals surface area contributed by atoms with Gasteiger partial charge in [-0.25, -0.2) is 4.79 Å². The zero-order chi connectivity index (χ0) is 61.9. The fourth-order valence-corrected chi connectivity index (χ4v) is 29.8. The first-order valence-corrected chi connectivity index (χ1v) is 37.2. The first kappa shape index (κ1) is 57.8. The van der Waals surface area contributed by atoms with E-state index in [9.17, 15) is 10.2 Å². The van der Waals surface area contributed by atoms with Gasteiger partial charge in [-0.3, -0.25) is 14.9 Å². The molecule has 14 fully saturated rings. The summed E-state index contributed by atoms with van der Waals surface area (Å²) < 4.78 is 37.7. The van der Waals surface area contributed by atoms with Crippen molar-refractivity contribution in [3.63, 3.8) is 0 Å². The van der Waals surface area contributed by atoms with Crippen molar-refractivity contribution in [2.45, 2.75) is 209 Å². The third kappa shape index (κ3) is 6.79. The highest BCUT2D eigenvalue weighted by molar-refractivity contribution is 5.94. The second-order valence-electron chi connectivity index (χ2n) is 35.2. The van der Waals surface area contributed by atoms with Crippen LogP contribution in [-0.4, -0.2) is 106 Å². The molecule has 8 heterocycles. The smallest absolute Gasteiger partial charge is 0.339 e. The normalized spacial score (nSPS) is 52.5. The van der Waals surface area contributed by atoms with Crippen LogP contribution in [-0.2, 0) is 46.2 Å². The van der Waals surface area contributed by atoms with Gasteiger partial charge in [-0.2, -0.15) is 0 Å². The number of carbonyl (C=O) groups excluding carboxylic acids is 3. The van der Waals surface area contributed by atoms with E-state index in [-0.39, 0.29) is 77.7 Å². The zero-order valence-corrected chi connectivity index (χ0v) is 54.3. The maximum atomic E-state index is 18.0. The number of benzene rings is 1. The van der Waals surface area contributed by atoms with Gasteiger partial charge in [0.25, 0.3) is 0 Å². The molecule has 9 saturated carbocycles. The van der Waals surface area contributed by atoms with Crippen LogP contribution in [0.2, 0.25) is 0 Å². The minimum absolute atomic E-state index is 0.0409. The highest BCUT2D eigenvalue weighted by Crippen LogP contribution is 2.92. The van der Waals surface area contributed by atoms with E-state index in [1.54, 1.807) is 6.26 Å². The number of hydrogen-bond acceptors (Lipinski definition) is 13. The lowest BCUT2D eigenvalue weighted by molar-refractivity contribution is -0.301. The Kier molecular flexibility index (Phi) is 12.2. The summed E-state index contributed by atoms with van der Waals surface area (Å²) in [5, 5.41) is 41.7. The van der Waals surface area contributed by atoms with Crippen LogP contribution >= 0.6 is 0 Å². The van der Waals surface area contributed by atoms with Gasteiger partial charge in [-0.15, -0.1) is 0 Å². The van der Waals surface area contributed by atoms with Crippen molar-refractivity contribution in [2.24, 2.45) is 121 Å². The number of esters is 2. The van der Waals surface area contributed by atoms with E-state index in [0.717, 1.165) is 109 Å². The fraction of sp³-hybridized carbons (Fsp3) is 0.734. The number of ketones is 1. The first-order chi connectivity index (χ1) is 44.7. The second-order valence-corrected chi connectivity index (χ2v) is 35.2. The predicted molar refractivity (Wildman–Crippen MR) is 340 cm³/mol. The molecule has 13 heteroatoms. The van der Waals surface area contributed by atoms with Gasteiger partial charge < -0.3 is 43.6 Å². The summed E-state index contributed by atoms with van der Waals surface area (Å²) in [5.41, 5.74) is -4.68. The molecule has 28 atom stereocenters. The van der Waals surface area contributed by atoms with Crippen molar-refractivity contribution in [3.8, 4) is 0 Å². The number of Topliss-reactive ketones (excluding diaryl/α,β-unsaturated/α-hetero) is 1. The van der Waals surface area contributed by atoms with Crippen molar-refractivity contribution < 1.29 is 53.1 Å². The van der Waals surface area contributed by atoms with Gasteiger partial charge in [0.15, 0.2) is 11.9 Å². The van der Waals surface area contributed by atoms with Gasteiger partial charge in [0.1, 0.15) is 35.8 Å². The number of aliphatic hydroxyl groups excluding tert-OH is 3. The Labute approximate surface area is 542 Å². The van der Waals surface area contributed by atoms with Gasteiger partial charge in [-0.1, -0.05) is 119 Å². The molecule has 20 rings (SSSR count). The quantitative estimate of drug-likeness (QED) is 0.106. The zero-order valence-electron chi connectivity index (χ0n) is 54.3. The number of furan rings is 1. The lowest BCUT2D eigenvalue weighted by Gasteiger charge is -2.73. The maximum absolute atomic E-state index is 18.0. The monoisotopic (exact) mass is 1250 g/mol. The molecule has 4 N–H and O–H groups in total. The van der Waals surface area contributed by atoms with E-state index in [1.807, 2.05) is 6.07 Å². The summed E-state index contributed by atoms with van der Waals surface area (Å²) in [7, 11) is 0. The average molecular weight is 1250 g/mol. The molecule has 92 heavy (non-hydrogen) atoms. The van der Waals surface area contributed by atoms with E-state index in [2.05, 4.69) is 97.1 Å². The molecule has 18 aliphatic rings. The van der Waals surface area contributed by atoms with Crippen molar-refractivity contribution in [2.75, 3.05) is 26.4 Å². The number of allylic oxidation sites excluding steroid dienone is 4. The van der Waals surface area contributed by atoms with E-state index >= 15 is 19.5 Å². The molecule has 7 spiro atoms. The molecule has 7 aliphatic heterocycles. The number of cyclic esters (lactones) is 2. The summed E-state index contributed by atoms with van der Waals surface area (Å²) in [5.74, 6) is -0.257. The molecule has 0 radical (unpaired) electrons. The van der Waals surface area contributed by atoms with Crippen LogP contribution in [0.25, 0.3) is 0 Å². The third-order valence-electron chi connectivity index (χ3n) is 32.4. The Morgan fingerprint density at radius 3 is 2.57 bits per heavy atom. The van der Waals surface area contributed by atoms with Crippen LogP contribution in [0.15, 0.2) is 95.3 Å². The van der Waals surface area contributed by atoms with Gasteiger partial charge in [0.2, 0.25) is 0 Å². The number of rotatable bonds is 9. The molecular weight excluding hydrogens is 1150 g/mol. The van der Waals surface area contributed by atoms with Gasteiger partial charge in [0.05, 0.1) is 48.5 Å². The molecular formula is C79H98N2O11. The van der Waals surface area contributed by atoms with Crippen molar-refractivity contribution in [3.05, 3.63) is 108 Å². The largest absolute Gasteiger partial charge is 0.469 e. The fourth-order valence-electron chi connectivity index (χ4n) is 29.8. The Morgan fingerprint density at radius 1 is 0.848 bits per heavy atom. The number of ether oxygens (including phenoxy) is 4. The summed E-state index contributed by atoms with van der Waals surface area (Å²) >= 11 is 0. The van der Waals surface area contributed by atoms with Crippen LogP contribution in [0, 0.1) is 121 Å². The number of fused-ring (bicyclic) bond motifs is 5. The maximum Gasteiger partial charge on any atom is 0.339 e. The number of aliphatic hydroxyl groups is 3. The Morgan fingerprint density at radius 2 is 1.71 bits per heavy atom. The van der Waals surface area contributed by atoms with Gasteiger partial charge >= 0.3 is 11.9 Å². The topological polar surface area (TPSA) is 181 Å². The highest BCUT2D eigenvalue weighted by atomic mass is 16.7. The van der Waals surface area contributed by atoms with Crippen LogP contribution in [0.3, 0.4) is 0 Å². The third-order valence-corrected chi connectivity index (χ3v) is 32.4. The first-order valence-electron chi connectivity index (χ1n) is 37.2. The molecule has 2 aromatic rings. The summed E-state index contributed by atoms with van der Waals surface area (Å²) in [6.45, 7) is 6.32. The minimum Gasteiger partial charge on any atom is -0.469 e. The number of hydrogen-bond donors (Lipinski definition) is 4. The standard InChI is InChI=1S/C79H98N2O11/c1-44-54-17-7-6-15-47(54)20-27-73(44)25-11-26-76-61(73)34-52-33-53-38-72(23-8-9-24-72)41-74(53)37-50-36-71(2)67(56-22-29-88-60(56)35-57(59(83)40-82)48-18-19-55-49(32-48)21-28-81-43-80-39-58(55)81)90-70(87)68-79(71,91-68)77(51-16-10-14-46(31-51)30-45-12-4-3-5-13-45)63(50)75(64(76)62(84)66(77)85)42-89-69(86)65(74)78(52,75)92-76/h3-5,11-13,20-22,25,27-29,34,44,46-51,53-55,57-59,61,63-68,80,82-83,85H,6-10,14-19,23-24,26,30-33,35-43H2,1-2H3. The van der Waals surface area contributed by atoms with Crippen molar-refractivity contribution in [1.29, 1.82) is 0 Å². The summed E-state index contributed by atoms with van der Waals surface area (Å²) in [6.07, 6.45) is 36.3. The van der Waals surface area contributed by atoms with E-state index in [4.69, 9.17) is 23.4 Å². The van der Waals surface area contributed by atoms with E-state index < -0.39 is 92.0 Å². The van der Waals surface area contributed by atoms with Crippen molar-refractivity contribution >= 4 is 17.7 Å². The van der Waals surface area contributed by atoms with Crippen LogP contribution in [0.4, 0.5) is 0 Å². The Bertz CT molecular complexity index is 3550. The lowest BCUT2D eigenvalue weighted by atomic mass is 9.29. The van der Waals surface area contributed by atoms with Crippen LogP contribution in [0.1, 0.15) is 172 Å². The molecule has 11 aliphatic carbocycles. The molecule has 1 aromatic heterocycles. The molecule has 5 bridgehead atoms. The molecule has 28 unspecified atom stereocenters. The number of carbonyl (C=O) groups is 3. The van der Waals surface area contributed by atoms with E-state index in [0.29, 0.717) is 54.7 Å². The molecule has 5 saturated heterocycles. The van der Waals surface area contributed by atoms with Crippen LogP contribution < -0.4 is 5.32 Å². The molecule has 490 valence electrons. The Hall–Kier alpha value is -4.37. The lowest BCUT2D eigenvalue weighted by Crippen LogP contribution is -2.82. The summed E-state index contributed by atoms with van der Waals surface area (Å²) in [6, 6.07) is 13.3. The highest BCUT2D eigenvalue weighted by Gasteiger charge is 2.99. The van der Waals surface area contributed by atoms with E-state index in [1.165, 1.54) is 49.7 Å². The van der Waals surface area contributed by atoms with Gasteiger partial charge in [-0.05, 0) is 208 Å². The second kappa shape index (κ2) is 19.5. The number of nitrogens with zero attached hydrogens (tertiary/aromatic N) is 1. The number of epoxide rings is 1. The predicted octanol–water partition coefficient (Wildman–Crippen LogP) is 11.5. The summed E-state index contributed by atoms with van der Waals surface area (Å²) in [4.78, 5) is 52.7. The van der Waals surface area contributed by atoms with Gasteiger partial charge in [0, 0.05) is 46.7 Å². The Balaban J connectivity index is 0.792. The molecule has 1 aromatic carbocycles.